The minimum atomic E-state index is 0.700. The molecule has 0 amide bonds. The van der Waals surface area contributed by atoms with Gasteiger partial charge in [0.1, 0.15) is 5.52 Å². The topological polar surface area (TPSA) is 38.1 Å². The van der Waals surface area contributed by atoms with Gasteiger partial charge in [-0.15, -0.1) is 0 Å². The highest BCUT2D eigenvalue weighted by atomic mass is 16.3. The van der Waals surface area contributed by atoms with Crippen molar-refractivity contribution in [3.8, 4) is 0 Å². The first-order valence-electron chi connectivity index (χ1n) is 6.38. The van der Waals surface area contributed by atoms with E-state index in [1.54, 1.807) is 0 Å². The van der Waals surface area contributed by atoms with E-state index in [2.05, 4.69) is 41.5 Å². The van der Waals surface area contributed by atoms with Crippen LogP contribution in [0.3, 0.4) is 0 Å². The maximum absolute atomic E-state index is 5.47. The fourth-order valence-corrected chi connectivity index (χ4v) is 2.16. The van der Waals surface area contributed by atoms with E-state index >= 15 is 0 Å². The van der Waals surface area contributed by atoms with Crippen molar-refractivity contribution in [1.82, 2.24) is 4.98 Å². The molecule has 0 saturated heterocycles. The summed E-state index contributed by atoms with van der Waals surface area (Å²) in [7, 11) is 0. The van der Waals surface area contributed by atoms with Crippen LogP contribution in [0.1, 0.15) is 17.0 Å². The summed E-state index contributed by atoms with van der Waals surface area (Å²) in [6.07, 6.45) is 0. The minimum Gasteiger partial charge on any atom is -0.441 e. The number of hydrogen-bond donors (Lipinski definition) is 1. The maximum atomic E-state index is 5.47. The highest BCUT2D eigenvalue weighted by Crippen LogP contribution is 2.20. The summed E-state index contributed by atoms with van der Waals surface area (Å²) in [6.45, 7) is 4.80. The first-order chi connectivity index (χ1) is 9.22. The highest BCUT2D eigenvalue weighted by molar-refractivity contribution is 5.77. The average Bonchev–Trinajstić information content (AvgIpc) is 2.77. The molecule has 96 valence electrons. The molecule has 0 bridgehead atoms. The Morgan fingerprint density at radius 2 is 1.95 bits per heavy atom. The van der Waals surface area contributed by atoms with Crippen molar-refractivity contribution in [2.75, 3.05) is 5.32 Å². The molecule has 3 aromatic rings. The lowest BCUT2D eigenvalue weighted by atomic mass is 10.1. The number of aromatic nitrogens is 1. The van der Waals surface area contributed by atoms with E-state index in [0.29, 0.717) is 5.89 Å². The zero-order valence-electron chi connectivity index (χ0n) is 11.1. The smallest absolute Gasteiger partial charge is 0.192 e. The number of nitrogens with zero attached hydrogens (tertiary/aromatic N) is 1. The van der Waals surface area contributed by atoms with Gasteiger partial charge < -0.3 is 9.73 Å². The number of rotatable bonds is 3. The Hall–Kier alpha value is -2.29. The van der Waals surface area contributed by atoms with Crippen LogP contribution in [0.15, 0.2) is 46.9 Å². The molecule has 3 heteroatoms. The van der Waals surface area contributed by atoms with Gasteiger partial charge in [0, 0.05) is 19.2 Å². The minimum absolute atomic E-state index is 0.700. The number of fused-ring (bicyclic) bond motifs is 1. The molecule has 0 atom stereocenters. The van der Waals surface area contributed by atoms with Gasteiger partial charge in [-0.05, 0) is 36.2 Å². The van der Waals surface area contributed by atoms with E-state index < -0.39 is 0 Å². The van der Waals surface area contributed by atoms with Crippen LogP contribution in [0.5, 0.6) is 0 Å². The van der Waals surface area contributed by atoms with Crippen LogP contribution >= 0.6 is 0 Å². The lowest BCUT2D eigenvalue weighted by molar-refractivity contribution is 0.561. The van der Waals surface area contributed by atoms with Gasteiger partial charge in [-0.2, -0.15) is 0 Å². The third-order valence-corrected chi connectivity index (χ3v) is 3.24. The molecule has 0 unspecified atom stereocenters. The fourth-order valence-electron chi connectivity index (χ4n) is 2.16. The van der Waals surface area contributed by atoms with Crippen molar-refractivity contribution < 1.29 is 4.42 Å². The Morgan fingerprint density at radius 3 is 2.79 bits per heavy atom. The number of nitrogens with one attached hydrogen (secondary N) is 1. The molecule has 1 heterocycles. The molecule has 0 spiro atoms. The van der Waals surface area contributed by atoms with Crippen molar-refractivity contribution in [2.24, 2.45) is 0 Å². The SMILES string of the molecule is Cc1nc2cc(NCc3ccccc3C)ccc2o1. The van der Waals surface area contributed by atoms with Crippen LogP contribution < -0.4 is 5.32 Å². The van der Waals surface area contributed by atoms with Gasteiger partial charge in [0.25, 0.3) is 0 Å². The summed E-state index contributed by atoms with van der Waals surface area (Å²) >= 11 is 0. The molecule has 19 heavy (non-hydrogen) atoms. The summed E-state index contributed by atoms with van der Waals surface area (Å²) in [5.74, 6) is 0.700. The summed E-state index contributed by atoms with van der Waals surface area (Å²) in [5.41, 5.74) is 5.39. The quantitative estimate of drug-likeness (QED) is 0.764. The Labute approximate surface area is 112 Å². The Kier molecular flexibility index (Phi) is 2.95. The third-order valence-electron chi connectivity index (χ3n) is 3.24. The van der Waals surface area contributed by atoms with Gasteiger partial charge in [-0.25, -0.2) is 4.98 Å². The van der Waals surface area contributed by atoms with Gasteiger partial charge in [0.2, 0.25) is 0 Å². The van der Waals surface area contributed by atoms with Crippen molar-refractivity contribution in [1.29, 1.82) is 0 Å². The average molecular weight is 252 g/mol. The molecule has 0 aliphatic rings. The molecule has 2 aromatic carbocycles. The van der Waals surface area contributed by atoms with Crippen molar-refractivity contribution in [2.45, 2.75) is 20.4 Å². The predicted molar refractivity (Wildman–Crippen MR) is 77.3 cm³/mol. The highest BCUT2D eigenvalue weighted by Gasteiger charge is 2.03. The second kappa shape index (κ2) is 4.76. The van der Waals surface area contributed by atoms with Gasteiger partial charge in [-0.1, -0.05) is 24.3 Å². The van der Waals surface area contributed by atoms with Gasteiger partial charge >= 0.3 is 0 Å². The molecule has 0 saturated carbocycles. The second-order valence-electron chi connectivity index (χ2n) is 4.70. The summed E-state index contributed by atoms with van der Waals surface area (Å²) < 4.78 is 5.47. The normalized spacial score (nSPS) is 10.8. The monoisotopic (exact) mass is 252 g/mol. The van der Waals surface area contributed by atoms with E-state index in [0.717, 1.165) is 23.3 Å². The first kappa shape index (κ1) is 11.8. The van der Waals surface area contributed by atoms with E-state index in [4.69, 9.17) is 4.42 Å². The molecule has 0 radical (unpaired) electrons. The molecule has 1 N–H and O–H groups in total. The molecule has 0 fully saturated rings. The van der Waals surface area contributed by atoms with Crippen LogP contribution in [-0.2, 0) is 6.54 Å². The van der Waals surface area contributed by atoms with Crippen LogP contribution in [0.2, 0.25) is 0 Å². The van der Waals surface area contributed by atoms with E-state index in [1.165, 1.54) is 11.1 Å². The van der Waals surface area contributed by atoms with Gasteiger partial charge in [0.05, 0.1) is 0 Å². The lowest BCUT2D eigenvalue weighted by Gasteiger charge is -2.08. The summed E-state index contributed by atoms with van der Waals surface area (Å²) in [4.78, 5) is 4.34. The fraction of sp³-hybridized carbons (Fsp3) is 0.188. The van der Waals surface area contributed by atoms with E-state index in [9.17, 15) is 0 Å². The zero-order chi connectivity index (χ0) is 13.2. The van der Waals surface area contributed by atoms with Crippen molar-refractivity contribution in [3.63, 3.8) is 0 Å². The molecule has 3 rings (SSSR count). The Morgan fingerprint density at radius 1 is 1.11 bits per heavy atom. The van der Waals surface area contributed by atoms with Crippen LogP contribution in [0.25, 0.3) is 11.1 Å². The lowest BCUT2D eigenvalue weighted by Crippen LogP contribution is -2.00. The summed E-state index contributed by atoms with van der Waals surface area (Å²) in [6, 6.07) is 14.4. The van der Waals surface area contributed by atoms with Crippen LogP contribution in [-0.4, -0.2) is 4.98 Å². The zero-order valence-corrected chi connectivity index (χ0v) is 11.1. The predicted octanol–water partition coefficient (Wildman–Crippen LogP) is 4.06. The number of anilines is 1. The van der Waals surface area contributed by atoms with Crippen LogP contribution in [0, 0.1) is 13.8 Å². The van der Waals surface area contributed by atoms with Gasteiger partial charge in [-0.3, -0.25) is 0 Å². The first-order valence-corrected chi connectivity index (χ1v) is 6.38. The number of aryl methyl sites for hydroxylation is 2. The standard InChI is InChI=1S/C16H16N2O/c1-11-5-3-4-6-13(11)10-17-14-7-8-16-15(9-14)18-12(2)19-16/h3-9,17H,10H2,1-2H3. The van der Waals surface area contributed by atoms with E-state index in [1.807, 2.05) is 25.1 Å². The Bertz CT molecular complexity index is 716. The Balaban J connectivity index is 1.80. The second-order valence-corrected chi connectivity index (χ2v) is 4.70. The largest absolute Gasteiger partial charge is 0.441 e. The summed E-state index contributed by atoms with van der Waals surface area (Å²) in [5, 5.41) is 3.42. The van der Waals surface area contributed by atoms with E-state index in [-0.39, 0.29) is 0 Å². The number of benzene rings is 2. The molecular weight excluding hydrogens is 236 g/mol. The van der Waals surface area contributed by atoms with Crippen molar-refractivity contribution >= 4 is 16.8 Å². The molecule has 1 aromatic heterocycles. The van der Waals surface area contributed by atoms with Gasteiger partial charge in [0.15, 0.2) is 11.5 Å². The maximum Gasteiger partial charge on any atom is 0.192 e. The number of oxazole rings is 1. The molecular formula is C16H16N2O. The molecule has 3 nitrogen and oxygen atoms in total. The van der Waals surface area contributed by atoms with Crippen LogP contribution in [0.4, 0.5) is 5.69 Å². The number of hydrogen-bond acceptors (Lipinski definition) is 3. The molecule has 0 aliphatic carbocycles. The third kappa shape index (κ3) is 2.45. The molecule has 0 aliphatic heterocycles. The van der Waals surface area contributed by atoms with Crippen molar-refractivity contribution in [3.05, 3.63) is 59.5 Å².